The first-order valence-corrected chi connectivity index (χ1v) is 10.3. The molecule has 7 heteroatoms. The van der Waals surface area contributed by atoms with Crippen molar-refractivity contribution in [3.8, 4) is 11.3 Å². The molecule has 1 N–H and O–H groups in total. The molecule has 1 aliphatic rings. The Hall–Kier alpha value is -3.71. The number of anilines is 1. The maximum Gasteiger partial charge on any atom is 0.346 e. The maximum atomic E-state index is 13.0. The van der Waals surface area contributed by atoms with Gasteiger partial charge in [0.05, 0.1) is 36.4 Å². The van der Waals surface area contributed by atoms with Gasteiger partial charge in [-0.3, -0.25) is 9.82 Å². The summed E-state index contributed by atoms with van der Waals surface area (Å²) >= 11 is 0. The fourth-order valence-electron chi connectivity index (χ4n) is 3.92. The van der Waals surface area contributed by atoms with Crippen molar-refractivity contribution in [1.29, 1.82) is 0 Å². The highest BCUT2D eigenvalue weighted by Crippen LogP contribution is 2.32. The molecule has 1 atom stereocenters. The molecule has 0 spiro atoms. The van der Waals surface area contributed by atoms with Crippen LogP contribution in [-0.4, -0.2) is 32.2 Å². The number of aryl methyl sites for hydroxylation is 2. The van der Waals surface area contributed by atoms with E-state index in [-0.39, 0.29) is 12.1 Å². The average Bonchev–Trinajstić information content (AvgIpc) is 3.43. The highest BCUT2D eigenvalue weighted by Gasteiger charge is 2.32. The van der Waals surface area contributed by atoms with Gasteiger partial charge < -0.3 is 9.88 Å². The van der Waals surface area contributed by atoms with E-state index in [1.54, 1.807) is 12.5 Å². The van der Waals surface area contributed by atoms with E-state index in [9.17, 15) is 4.79 Å². The van der Waals surface area contributed by atoms with Crippen LogP contribution in [0.5, 0.6) is 0 Å². The number of carbonyl (C=O) groups excluding carboxylic acids is 1. The zero-order chi connectivity index (χ0) is 21.4. The Morgan fingerprint density at radius 2 is 1.97 bits per heavy atom. The van der Waals surface area contributed by atoms with Crippen molar-refractivity contribution >= 4 is 22.8 Å². The number of rotatable bonds is 3. The van der Waals surface area contributed by atoms with E-state index in [0.29, 0.717) is 6.61 Å². The van der Waals surface area contributed by atoms with Gasteiger partial charge in [0.25, 0.3) is 0 Å². The van der Waals surface area contributed by atoms with Crippen molar-refractivity contribution in [1.82, 2.24) is 19.6 Å². The third kappa shape index (κ3) is 3.64. The van der Waals surface area contributed by atoms with Gasteiger partial charge in [-0.1, -0.05) is 42.5 Å². The predicted molar refractivity (Wildman–Crippen MR) is 119 cm³/mol. The lowest BCUT2D eigenvalue weighted by atomic mass is 10.0. The number of nitrogens with one attached hydrogen (secondary N) is 1. The van der Waals surface area contributed by atoms with Crippen molar-refractivity contribution in [3.05, 3.63) is 78.2 Å². The quantitative estimate of drug-likeness (QED) is 0.521. The molecule has 0 unspecified atom stereocenters. The Kier molecular flexibility index (Phi) is 4.88. The van der Waals surface area contributed by atoms with E-state index in [1.807, 2.05) is 73.1 Å². The number of carbonyl (C=O) groups is 1. The number of amides is 2. The number of benzene rings is 2. The molecule has 156 valence electrons. The predicted octanol–water partition coefficient (Wildman–Crippen LogP) is 4.85. The molecule has 1 aliphatic heterocycles. The first-order chi connectivity index (χ1) is 15.1. The smallest absolute Gasteiger partial charge is 0.334 e. The van der Waals surface area contributed by atoms with Crippen LogP contribution in [0.15, 0.2) is 67.1 Å². The molecule has 7 nitrogen and oxygen atoms in total. The zero-order valence-corrected chi connectivity index (χ0v) is 17.4. The number of hydrogen-bond acceptors (Lipinski definition) is 4. The van der Waals surface area contributed by atoms with Crippen LogP contribution in [-0.2, 0) is 11.9 Å². The number of fused-ring (bicyclic) bond motifs is 1. The van der Waals surface area contributed by atoms with Crippen LogP contribution < -0.4 is 5.32 Å². The number of pyridine rings is 1. The van der Waals surface area contributed by atoms with Crippen LogP contribution in [0.2, 0.25) is 0 Å². The van der Waals surface area contributed by atoms with Crippen LogP contribution >= 0.6 is 0 Å². The second-order valence-corrected chi connectivity index (χ2v) is 7.75. The van der Waals surface area contributed by atoms with Crippen molar-refractivity contribution in [2.75, 3.05) is 11.9 Å². The highest BCUT2D eigenvalue weighted by atomic mass is 16.7. The molecule has 2 aromatic carbocycles. The molecule has 0 radical (unpaired) electrons. The molecule has 31 heavy (non-hydrogen) atoms. The summed E-state index contributed by atoms with van der Waals surface area (Å²) in [7, 11) is 1.96. The minimum Gasteiger partial charge on any atom is -0.334 e. The van der Waals surface area contributed by atoms with Gasteiger partial charge in [-0.25, -0.2) is 9.78 Å². The molecule has 0 saturated carbocycles. The lowest BCUT2D eigenvalue weighted by Gasteiger charge is -2.23. The molecule has 1 fully saturated rings. The summed E-state index contributed by atoms with van der Waals surface area (Å²) in [6.07, 6.45) is 4.31. The van der Waals surface area contributed by atoms with Crippen molar-refractivity contribution in [2.45, 2.75) is 19.4 Å². The second kappa shape index (κ2) is 7.85. The molecule has 1 saturated heterocycles. The largest absolute Gasteiger partial charge is 0.346 e. The van der Waals surface area contributed by atoms with Crippen LogP contribution in [0.25, 0.3) is 22.3 Å². The lowest BCUT2D eigenvalue weighted by molar-refractivity contribution is -0.0829. The molecule has 0 bridgehead atoms. The van der Waals surface area contributed by atoms with Crippen molar-refractivity contribution < 1.29 is 9.63 Å². The summed E-state index contributed by atoms with van der Waals surface area (Å²) < 4.78 is 1.96. The number of hydrogen-bond donors (Lipinski definition) is 1. The molecule has 4 aromatic rings. The van der Waals surface area contributed by atoms with Gasteiger partial charge in [0.2, 0.25) is 0 Å². The second-order valence-electron chi connectivity index (χ2n) is 7.75. The first kappa shape index (κ1) is 19.3. The Bertz CT molecular complexity index is 1250. The van der Waals surface area contributed by atoms with Gasteiger partial charge >= 0.3 is 6.03 Å². The zero-order valence-electron chi connectivity index (χ0n) is 17.4. The SMILES string of the molecule is Cc1ccc(-c2cc3c(cn2)ncn3C)cc1NC(=O)N1OCC[C@H]1c1ccccc1. The van der Waals surface area contributed by atoms with E-state index in [2.05, 4.69) is 15.3 Å². The molecule has 2 aromatic heterocycles. The molecule has 5 rings (SSSR count). The van der Waals surface area contributed by atoms with Gasteiger partial charge in [0.1, 0.15) is 5.52 Å². The normalized spacial score (nSPS) is 16.1. The molecule has 2 amide bonds. The van der Waals surface area contributed by atoms with Gasteiger partial charge in [-0.05, 0) is 30.2 Å². The third-order valence-electron chi connectivity index (χ3n) is 5.68. The van der Waals surface area contributed by atoms with Crippen LogP contribution in [0.1, 0.15) is 23.6 Å². The summed E-state index contributed by atoms with van der Waals surface area (Å²) in [5, 5.41) is 4.47. The Morgan fingerprint density at radius 1 is 1.13 bits per heavy atom. The average molecular weight is 413 g/mol. The first-order valence-electron chi connectivity index (χ1n) is 10.3. The Balaban J connectivity index is 1.41. The molecule has 3 heterocycles. The monoisotopic (exact) mass is 413 g/mol. The highest BCUT2D eigenvalue weighted by molar-refractivity contribution is 5.91. The van der Waals surface area contributed by atoms with E-state index in [4.69, 9.17) is 4.84 Å². The minimum absolute atomic E-state index is 0.0985. The minimum atomic E-state index is -0.276. The van der Waals surface area contributed by atoms with Gasteiger partial charge in [0.15, 0.2) is 0 Å². The number of urea groups is 1. The summed E-state index contributed by atoms with van der Waals surface area (Å²) in [5.41, 5.74) is 6.37. The summed E-state index contributed by atoms with van der Waals surface area (Å²) in [5.74, 6) is 0. The van der Waals surface area contributed by atoms with E-state index >= 15 is 0 Å². The van der Waals surface area contributed by atoms with Gasteiger partial charge in [-0.15, -0.1) is 0 Å². The Labute approximate surface area is 180 Å². The van der Waals surface area contributed by atoms with Crippen molar-refractivity contribution in [2.24, 2.45) is 7.05 Å². The number of hydroxylamine groups is 2. The number of aromatic nitrogens is 3. The fourth-order valence-corrected chi connectivity index (χ4v) is 3.92. The van der Waals surface area contributed by atoms with Crippen molar-refractivity contribution in [3.63, 3.8) is 0 Å². The van der Waals surface area contributed by atoms with Gasteiger partial charge in [0, 0.05) is 24.7 Å². The standard InChI is InChI=1S/C24H23N5O2/c1-16-8-9-18(20-13-23-21(14-25-20)26-15-28(23)2)12-19(16)27-24(30)29-22(10-11-31-29)17-6-4-3-5-7-17/h3-9,12-15,22H,10-11H2,1-2H3,(H,27,30)/t22-/m0/s1. The van der Waals surface area contributed by atoms with Gasteiger partial charge in [-0.2, -0.15) is 5.06 Å². The summed E-state index contributed by atoms with van der Waals surface area (Å²) in [6.45, 7) is 2.48. The molecule has 0 aliphatic carbocycles. The lowest BCUT2D eigenvalue weighted by Crippen LogP contribution is -2.33. The fraction of sp³-hybridized carbons (Fsp3) is 0.208. The summed E-state index contributed by atoms with van der Waals surface area (Å²) in [6, 6.07) is 17.5. The number of imidazole rings is 1. The number of nitrogens with zero attached hydrogens (tertiary/aromatic N) is 4. The van der Waals surface area contributed by atoms with Crippen LogP contribution in [0.4, 0.5) is 10.5 Å². The Morgan fingerprint density at radius 3 is 2.81 bits per heavy atom. The maximum absolute atomic E-state index is 13.0. The van der Waals surface area contributed by atoms with Crippen LogP contribution in [0.3, 0.4) is 0 Å². The third-order valence-corrected chi connectivity index (χ3v) is 5.68. The summed E-state index contributed by atoms with van der Waals surface area (Å²) in [4.78, 5) is 27.6. The topological polar surface area (TPSA) is 72.3 Å². The van der Waals surface area contributed by atoms with E-state index < -0.39 is 0 Å². The molecular formula is C24H23N5O2. The molecular weight excluding hydrogens is 390 g/mol. The van der Waals surface area contributed by atoms with Crippen LogP contribution in [0, 0.1) is 6.92 Å². The van der Waals surface area contributed by atoms with E-state index in [1.165, 1.54) is 5.06 Å². The van der Waals surface area contributed by atoms with E-state index in [0.717, 1.165) is 45.5 Å².